The van der Waals surface area contributed by atoms with Crippen molar-refractivity contribution in [3.8, 4) is 0 Å². The number of carbonyl (C=O) groups excluding carboxylic acids is 2. The summed E-state index contributed by atoms with van der Waals surface area (Å²) in [6.07, 6.45) is 19.8. The van der Waals surface area contributed by atoms with Gasteiger partial charge in [-0.1, -0.05) is 147 Å². The Bertz CT molecular complexity index is 757. The monoisotopic (exact) mass is 577 g/mol. The van der Waals surface area contributed by atoms with E-state index in [1.807, 2.05) is 44.2 Å². The second-order valence-electron chi connectivity index (χ2n) is 11.5. The number of aliphatic hydroxyl groups is 1. The van der Waals surface area contributed by atoms with E-state index in [2.05, 4.69) is 12.2 Å². The average Bonchev–Trinajstić information content (AvgIpc) is 2.98. The smallest absolute Gasteiger partial charge is 0.408 e. The lowest BCUT2D eigenvalue weighted by Crippen LogP contribution is -2.46. The third-order valence-corrected chi connectivity index (χ3v) is 7.37. The van der Waals surface area contributed by atoms with Crippen LogP contribution >= 0.6 is 0 Å². The standard InChI is InChI=1S/C34H59NO6/c1-4-5-6-7-8-9-10-11-12-13-14-15-16-17-18-22-25-39-31(26-36)28-40-33(37)32(29(2)3)35-34(38)41-27-30-23-20-19-21-24-30/h19-21,23-24,29,31-32,36H,4-18,22,25-28H2,1-3H3,(H,35,38). The summed E-state index contributed by atoms with van der Waals surface area (Å²) in [5, 5.41) is 12.2. The number of hydrogen-bond acceptors (Lipinski definition) is 6. The highest BCUT2D eigenvalue weighted by molar-refractivity contribution is 5.81. The van der Waals surface area contributed by atoms with Crippen LogP contribution in [0.3, 0.4) is 0 Å². The van der Waals surface area contributed by atoms with E-state index < -0.39 is 24.2 Å². The topological polar surface area (TPSA) is 94.1 Å². The molecule has 0 radical (unpaired) electrons. The van der Waals surface area contributed by atoms with Gasteiger partial charge in [0, 0.05) is 6.61 Å². The van der Waals surface area contributed by atoms with E-state index in [-0.39, 0.29) is 25.7 Å². The molecule has 236 valence electrons. The number of esters is 1. The van der Waals surface area contributed by atoms with Gasteiger partial charge in [-0.15, -0.1) is 0 Å². The number of alkyl carbamates (subject to hydrolysis) is 1. The summed E-state index contributed by atoms with van der Waals surface area (Å²) in [5.74, 6) is -0.758. The van der Waals surface area contributed by atoms with Gasteiger partial charge in [0.05, 0.1) is 6.61 Å². The van der Waals surface area contributed by atoms with Gasteiger partial charge in [0.15, 0.2) is 0 Å². The van der Waals surface area contributed by atoms with Gasteiger partial charge >= 0.3 is 12.1 Å². The zero-order valence-corrected chi connectivity index (χ0v) is 26.2. The van der Waals surface area contributed by atoms with Crippen LogP contribution in [0.4, 0.5) is 4.79 Å². The fraction of sp³-hybridized carbons (Fsp3) is 0.765. The normalized spacial score (nSPS) is 12.7. The molecule has 2 unspecified atom stereocenters. The van der Waals surface area contributed by atoms with Crippen molar-refractivity contribution in [3.63, 3.8) is 0 Å². The molecule has 0 saturated carbocycles. The summed E-state index contributed by atoms with van der Waals surface area (Å²) in [6.45, 7) is 6.27. The molecule has 0 spiro atoms. The number of benzene rings is 1. The molecule has 2 atom stereocenters. The number of rotatable bonds is 26. The zero-order chi connectivity index (χ0) is 30.0. The summed E-state index contributed by atoms with van der Waals surface area (Å²) < 4.78 is 16.3. The Morgan fingerprint density at radius 2 is 1.27 bits per heavy atom. The summed E-state index contributed by atoms with van der Waals surface area (Å²) in [7, 11) is 0. The number of unbranched alkanes of at least 4 members (excludes halogenated alkanes) is 15. The number of nitrogens with one attached hydrogen (secondary N) is 1. The average molecular weight is 578 g/mol. The molecule has 7 heteroatoms. The lowest BCUT2D eigenvalue weighted by atomic mass is 10.0. The maximum Gasteiger partial charge on any atom is 0.408 e. The first kappa shape index (κ1) is 36.9. The van der Waals surface area contributed by atoms with E-state index in [4.69, 9.17) is 14.2 Å². The Labute approximate surface area is 250 Å². The van der Waals surface area contributed by atoms with Crippen LogP contribution in [0.1, 0.15) is 129 Å². The molecule has 1 rings (SSSR count). The SMILES string of the molecule is CCCCCCCCCCCCCCCCCCOC(CO)COC(=O)C(NC(=O)OCc1ccccc1)C(C)C. The van der Waals surface area contributed by atoms with E-state index in [1.165, 1.54) is 89.9 Å². The predicted octanol–water partition coefficient (Wildman–Crippen LogP) is 8.12. The van der Waals surface area contributed by atoms with Crippen molar-refractivity contribution in [2.45, 2.75) is 142 Å². The largest absolute Gasteiger partial charge is 0.461 e. The highest BCUT2D eigenvalue weighted by Crippen LogP contribution is 2.14. The van der Waals surface area contributed by atoms with Crippen molar-refractivity contribution >= 4 is 12.1 Å². The van der Waals surface area contributed by atoms with E-state index in [0.717, 1.165) is 18.4 Å². The van der Waals surface area contributed by atoms with Crippen LogP contribution in [0.2, 0.25) is 0 Å². The maximum atomic E-state index is 12.6. The Morgan fingerprint density at radius 3 is 1.76 bits per heavy atom. The van der Waals surface area contributed by atoms with Gasteiger partial charge in [-0.25, -0.2) is 9.59 Å². The summed E-state index contributed by atoms with van der Waals surface area (Å²) in [4.78, 5) is 24.8. The molecule has 0 bridgehead atoms. The maximum absolute atomic E-state index is 12.6. The van der Waals surface area contributed by atoms with Gasteiger partial charge in [-0.05, 0) is 17.9 Å². The van der Waals surface area contributed by atoms with Crippen LogP contribution in [0.5, 0.6) is 0 Å². The first-order valence-electron chi connectivity index (χ1n) is 16.3. The minimum Gasteiger partial charge on any atom is -0.461 e. The molecule has 0 heterocycles. The van der Waals surface area contributed by atoms with Crippen LogP contribution in [0.15, 0.2) is 30.3 Å². The minimum atomic E-state index is -0.849. The highest BCUT2D eigenvalue weighted by Gasteiger charge is 2.27. The Morgan fingerprint density at radius 1 is 0.756 bits per heavy atom. The Kier molecular flexibility index (Phi) is 23.0. The van der Waals surface area contributed by atoms with Gasteiger partial charge in [-0.2, -0.15) is 0 Å². The predicted molar refractivity (Wildman–Crippen MR) is 166 cm³/mol. The van der Waals surface area contributed by atoms with Crippen molar-refractivity contribution < 1.29 is 28.9 Å². The van der Waals surface area contributed by atoms with E-state index in [0.29, 0.717) is 6.61 Å². The molecule has 0 aromatic heterocycles. The van der Waals surface area contributed by atoms with Gasteiger partial charge in [0.2, 0.25) is 0 Å². The van der Waals surface area contributed by atoms with Gasteiger partial charge < -0.3 is 24.6 Å². The fourth-order valence-corrected chi connectivity index (χ4v) is 4.71. The van der Waals surface area contributed by atoms with Crippen molar-refractivity contribution in [2.24, 2.45) is 5.92 Å². The zero-order valence-electron chi connectivity index (χ0n) is 26.2. The van der Waals surface area contributed by atoms with Crippen LogP contribution in [-0.4, -0.2) is 49.1 Å². The van der Waals surface area contributed by atoms with Crippen molar-refractivity contribution in [3.05, 3.63) is 35.9 Å². The molecule has 0 fully saturated rings. The Balaban J connectivity index is 2.06. The molecule has 41 heavy (non-hydrogen) atoms. The van der Waals surface area contributed by atoms with Crippen LogP contribution in [0.25, 0.3) is 0 Å². The van der Waals surface area contributed by atoms with Crippen molar-refractivity contribution in [1.29, 1.82) is 0 Å². The number of hydrogen-bond donors (Lipinski definition) is 2. The molecule has 2 N–H and O–H groups in total. The molecular weight excluding hydrogens is 518 g/mol. The fourth-order valence-electron chi connectivity index (χ4n) is 4.71. The summed E-state index contributed by atoms with van der Waals surface area (Å²) >= 11 is 0. The van der Waals surface area contributed by atoms with Gasteiger partial charge in [0.1, 0.15) is 25.4 Å². The molecule has 0 saturated heterocycles. The molecule has 1 amide bonds. The number of amides is 1. The Hall–Kier alpha value is -2.12. The van der Waals surface area contributed by atoms with E-state index in [1.54, 1.807) is 0 Å². The van der Waals surface area contributed by atoms with Gasteiger partial charge in [-0.3, -0.25) is 0 Å². The van der Waals surface area contributed by atoms with E-state index in [9.17, 15) is 14.7 Å². The third-order valence-electron chi connectivity index (χ3n) is 7.37. The molecule has 7 nitrogen and oxygen atoms in total. The van der Waals surface area contributed by atoms with Crippen LogP contribution < -0.4 is 5.32 Å². The molecule has 1 aromatic carbocycles. The molecule has 0 aliphatic heterocycles. The highest BCUT2D eigenvalue weighted by atomic mass is 16.6. The molecule has 0 aliphatic rings. The molecule has 1 aromatic rings. The summed E-state index contributed by atoms with van der Waals surface area (Å²) in [5.41, 5.74) is 0.860. The van der Waals surface area contributed by atoms with Crippen molar-refractivity contribution in [1.82, 2.24) is 5.32 Å². The van der Waals surface area contributed by atoms with Gasteiger partial charge in [0.25, 0.3) is 0 Å². The number of carbonyl (C=O) groups is 2. The second-order valence-corrected chi connectivity index (χ2v) is 11.5. The minimum absolute atomic E-state index is 0.0574. The van der Waals surface area contributed by atoms with Crippen molar-refractivity contribution in [2.75, 3.05) is 19.8 Å². The van der Waals surface area contributed by atoms with E-state index >= 15 is 0 Å². The lowest BCUT2D eigenvalue weighted by molar-refractivity contribution is -0.152. The number of aliphatic hydroxyl groups excluding tert-OH is 1. The quantitative estimate of drug-likeness (QED) is 0.0853. The van der Waals surface area contributed by atoms with Crippen LogP contribution in [-0.2, 0) is 25.6 Å². The molecular formula is C34H59NO6. The first-order chi connectivity index (χ1) is 20.0. The first-order valence-corrected chi connectivity index (χ1v) is 16.3. The lowest BCUT2D eigenvalue weighted by Gasteiger charge is -2.22. The number of ether oxygens (including phenoxy) is 3. The third kappa shape index (κ3) is 20.4. The second kappa shape index (κ2) is 25.6. The van der Waals surface area contributed by atoms with Crippen LogP contribution in [0, 0.1) is 5.92 Å². The molecule has 0 aliphatic carbocycles. The summed E-state index contributed by atoms with van der Waals surface area (Å²) in [6, 6.07) is 8.49.